The van der Waals surface area contributed by atoms with Crippen molar-refractivity contribution in [1.29, 1.82) is 0 Å². The molecule has 1 atom stereocenters. The van der Waals surface area contributed by atoms with Crippen LogP contribution in [0.1, 0.15) is 18.1 Å². The van der Waals surface area contributed by atoms with E-state index in [9.17, 15) is 4.79 Å². The standard InChI is InChI=1S/C11H11NO3/c1-7(13)15-10-6-8-4-2-3-5-9(8)11(10)12-14/h2-5,10,14H,6H2,1H3/b12-11+. The average Bonchev–Trinajstić information content (AvgIpc) is 2.53. The second-order valence-electron chi connectivity index (χ2n) is 3.44. The van der Waals surface area contributed by atoms with Gasteiger partial charge in [-0.05, 0) is 5.56 Å². The third-order valence-corrected chi connectivity index (χ3v) is 2.42. The first kappa shape index (κ1) is 9.71. The molecule has 1 aromatic carbocycles. The molecule has 1 aliphatic rings. The van der Waals surface area contributed by atoms with E-state index in [1.807, 2.05) is 24.3 Å². The van der Waals surface area contributed by atoms with Crippen molar-refractivity contribution in [2.75, 3.05) is 0 Å². The molecule has 0 bridgehead atoms. The van der Waals surface area contributed by atoms with Gasteiger partial charge in [0.25, 0.3) is 0 Å². The van der Waals surface area contributed by atoms with Crippen molar-refractivity contribution < 1.29 is 14.7 Å². The minimum Gasteiger partial charge on any atom is -0.456 e. The second-order valence-corrected chi connectivity index (χ2v) is 3.44. The number of carbonyl (C=O) groups is 1. The summed E-state index contributed by atoms with van der Waals surface area (Å²) < 4.78 is 5.07. The Balaban J connectivity index is 2.33. The predicted octanol–water partition coefficient (Wildman–Crippen LogP) is 1.35. The molecule has 0 radical (unpaired) electrons. The third kappa shape index (κ3) is 1.70. The number of fused-ring (bicyclic) bond motifs is 1. The fourth-order valence-corrected chi connectivity index (χ4v) is 1.83. The minimum absolute atomic E-state index is 0.367. The zero-order valence-corrected chi connectivity index (χ0v) is 8.30. The maximum atomic E-state index is 10.9. The van der Waals surface area contributed by atoms with E-state index in [4.69, 9.17) is 9.94 Å². The van der Waals surface area contributed by atoms with Gasteiger partial charge in [-0.3, -0.25) is 4.79 Å². The van der Waals surface area contributed by atoms with E-state index in [1.165, 1.54) is 6.92 Å². The summed E-state index contributed by atoms with van der Waals surface area (Å²) in [7, 11) is 0. The Morgan fingerprint density at radius 3 is 2.93 bits per heavy atom. The van der Waals surface area contributed by atoms with Gasteiger partial charge in [-0.15, -0.1) is 0 Å². The van der Waals surface area contributed by atoms with Gasteiger partial charge in [0.15, 0.2) is 6.10 Å². The molecule has 78 valence electrons. The second kappa shape index (κ2) is 3.73. The Morgan fingerprint density at radius 2 is 2.27 bits per heavy atom. The van der Waals surface area contributed by atoms with Crippen LogP contribution < -0.4 is 0 Å². The van der Waals surface area contributed by atoms with Crippen LogP contribution in [0.5, 0.6) is 0 Å². The lowest BCUT2D eigenvalue weighted by Gasteiger charge is -2.09. The van der Waals surface area contributed by atoms with Gasteiger partial charge in [-0.25, -0.2) is 0 Å². The zero-order chi connectivity index (χ0) is 10.8. The minimum atomic E-state index is -0.454. The summed E-state index contributed by atoms with van der Waals surface area (Å²) in [5, 5.41) is 12.1. The first-order valence-corrected chi connectivity index (χ1v) is 4.70. The molecule has 1 N–H and O–H groups in total. The summed E-state index contributed by atoms with van der Waals surface area (Å²) in [5.41, 5.74) is 2.32. The monoisotopic (exact) mass is 205 g/mol. The van der Waals surface area contributed by atoms with E-state index in [-0.39, 0.29) is 5.97 Å². The van der Waals surface area contributed by atoms with Crippen LogP contribution in [0.3, 0.4) is 0 Å². The van der Waals surface area contributed by atoms with E-state index in [0.717, 1.165) is 11.1 Å². The molecule has 0 amide bonds. The molecule has 2 rings (SSSR count). The molecular weight excluding hydrogens is 194 g/mol. The highest BCUT2D eigenvalue weighted by Gasteiger charge is 2.31. The first-order chi connectivity index (χ1) is 7.22. The van der Waals surface area contributed by atoms with E-state index in [1.54, 1.807) is 0 Å². The van der Waals surface area contributed by atoms with Crippen LogP contribution in [0, 0.1) is 0 Å². The van der Waals surface area contributed by atoms with E-state index >= 15 is 0 Å². The summed E-state index contributed by atoms with van der Waals surface area (Å²) in [4.78, 5) is 10.9. The lowest BCUT2D eigenvalue weighted by Crippen LogP contribution is -2.23. The molecule has 1 aliphatic carbocycles. The van der Waals surface area contributed by atoms with Gasteiger partial charge in [0.2, 0.25) is 0 Å². The number of nitrogens with zero attached hydrogens (tertiary/aromatic N) is 1. The molecule has 1 aromatic rings. The number of rotatable bonds is 1. The van der Waals surface area contributed by atoms with E-state index < -0.39 is 6.10 Å². The van der Waals surface area contributed by atoms with Crippen LogP contribution in [-0.2, 0) is 16.0 Å². The van der Waals surface area contributed by atoms with Crippen LogP contribution in [0.2, 0.25) is 0 Å². The molecule has 1 unspecified atom stereocenters. The molecule has 0 saturated carbocycles. The van der Waals surface area contributed by atoms with Gasteiger partial charge in [-0.1, -0.05) is 29.4 Å². The number of hydrogen-bond acceptors (Lipinski definition) is 4. The average molecular weight is 205 g/mol. The van der Waals surface area contributed by atoms with E-state index in [0.29, 0.717) is 12.1 Å². The Bertz CT molecular complexity index is 426. The zero-order valence-electron chi connectivity index (χ0n) is 8.30. The molecule has 4 nitrogen and oxygen atoms in total. The highest BCUT2D eigenvalue weighted by atomic mass is 16.5. The maximum absolute atomic E-state index is 10.9. The molecule has 0 fully saturated rings. The number of benzene rings is 1. The molecule has 0 aliphatic heterocycles. The SMILES string of the molecule is CC(=O)OC1Cc2ccccc2/C1=N\O. The van der Waals surface area contributed by atoms with Crippen molar-refractivity contribution in [1.82, 2.24) is 0 Å². The topological polar surface area (TPSA) is 58.9 Å². The Morgan fingerprint density at radius 1 is 1.53 bits per heavy atom. The van der Waals surface area contributed by atoms with Gasteiger partial charge in [0, 0.05) is 18.9 Å². The number of oxime groups is 1. The van der Waals surface area contributed by atoms with Crippen molar-refractivity contribution in [3.05, 3.63) is 35.4 Å². The van der Waals surface area contributed by atoms with Gasteiger partial charge >= 0.3 is 5.97 Å². The van der Waals surface area contributed by atoms with Crippen LogP contribution in [0.25, 0.3) is 0 Å². The number of carbonyl (C=O) groups excluding carboxylic acids is 1. The first-order valence-electron chi connectivity index (χ1n) is 4.70. The fourth-order valence-electron chi connectivity index (χ4n) is 1.83. The molecule has 0 spiro atoms. The van der Waals surface area contributed by atoms with Crippen molar-refractivity contribution in [3.8, 4) is 0 Å². The van der Waals surface area contributed by atoms with Crippen molar-refractivity contribution in [2.24, 2.45) is 5.16 Å². The summed E-state index contributed by atoms with van der Waals surface area (Å²) >= 11 is 0. The van der Waals surface area contributed by atoms with Crippen molar-refractivity contribution >= 4 is 11.7 Å². The van der Waals surface area contributed by atoms with Gasteiger partial charge in [0.1, 0.15) is 5.71 Å². The fraction of sp³-hybridized carbons (Fsp3) is 0.273. The lowest BCUT2D eigenvalue weighted by molar-refractivity contribution is -0.143. The van der Waals surface area contributed by atoms with E-state index in [2.05, 4.69) is 5.16 Å². The number of hydrogen-bond donors (Lipinski definition) is 1. The third-order valence-electron chi connectivity index (χ3n) is 2.42. The van der Waals surface area contributed by atoms with Crippen molar-refractivity contribution in [2.45, 2.75) is 19.4 Å². The number of ether oxygens (including phenoxy) is 1. The molecule has 0 saturated heterocycles. The smallest absolute Gasteiger partial charge is 0.303 e. The van der Waals surface area contributed by atoms with Gasteiger partial charge < -0.3 is 9.94 Å². The van der Waals surface area contributed by atoms with Crippen LogP contribution in [0.4, 0.5) is 0 Å². The highest BCUT2D eigenvalue weighted by Crippen LogP contribution is 2.24. The highest BCUT2D eigenvalue weighted by molar-refractivity contribution is 6.08. The quantitative estimate of drug-likeness (QED) is 0.427. The summed E-state index contributed by atoms with van der Waals surface area (Å²) in [5.74, 6) is -0.367. The predicted molar refractivity (Wildman–Crippen MR) is 54.0 cm³/mol. The number of esters is 1. The van der Waals surface area contributed by atoms with Crippen LogP contribution >= 0.6 is 0 Å². The molecule has 4 heteroatoms. The van der Waals surface area contributed by atoms with Crippen LogP contribution in [0.15, 0.2) is 29.4 Å². The van der Waals surface area contributed by atoms with Crippen molar-refractivity contribution in [3.63, 3.8) is 0 Å². The van der Waals surface area contributed by atoms with Gasteiger partial charge in [0.05, 0.1) is 0 Å². The Labute approximate surface area is 87.2 Å². The summed E-state index contributed by atoms with van der Waals surface area (Å²) in [6, 6.07) is 7.56. The maximum Gasteiger partial charge on any atom is 0.303 e. The molecule has 15 heavy (non-hydrogen) atoms. The lowest BCUT2D eigenvalue weighted by atomic mass is 10.1. The van der Waals surface area contributed by atoms with Gasteiger partial charge in [-0.2, -0.15) is 0 Å². The Hall–Kier alpha value is -1.84. The molecular formula is C11H11NO3. The molecule has 0 aromatic heterocycles. The normalized spacial score (nSPS) is 21.4. The Kier molecular flexibility index (Phi) is 2.41. The summed E-state index contributed by atoms with van der Waals surface area (Å²) in [6.07, 6.45) is 0.125. The van der Waals surface area contributed by atoms with Crippen LogP contribution in [-0.4, -0.2) is 23.0 Å². The molecule has 0 heterocycles. The largest absolute Gasteiger partial charge is 0.456 e. The summed E-state index contributed by atoms with van der Waals surface area (Å²) in [6.45, 7) is 1.35.